The van der Waals surface area contributed by atoms with Gasteiger partial charge in [-0.3, -0.25) is 9.59 Å². The van der Waals surface area contributed by atoms with Gasteiger partial charge in [0.2, 0.25) is 5.91 Å². The minimum atomic E-state index is -0.447. The van der Waals surface area contributed by atoms with E-state index in [9.17, 15) is 14.0 Å². The number of aryl methyl sites for hydroxylation is 1. The molecule has 0 atom stereocenters. The minimum Gasteiger partial charge on any atom is -0.322 e. The number of nitrogens with zero attached hydrogens (tertiary/aromatic N) is 1. The third kappa shape index (κ3) is 3.23. The number of halogens is 1. The van der Waals surface area contributed by atoms with Crippen molar-refractivity contribution in [1.82, 2.24) is 0 Å². The summed E-state index contributed by atoms with van der Waals surface area (Å²) in [6.07, 6.45) is 1.40. The van der Waals surface area contributed by atoms with Crippen LogP contribution in [0.2, 0.25) is 0 Å². The van der Waals surface area contributed by atoms with Crippen molar-refractivity contribution in [2.24, 2.45) is 0 Å². The van der Waals surface area contributed by atoms with E-state index in [4.69, 9.17) is 0 Å². The lowest BCUT2D eigenvalue weighted by molar-refractivity contribution is -0.117. The highest BCUT2D eigenvalue weighted by molar-refractivity contribution is 6.05. The molecule has 118 valence electrons. The number of anilines is 2. The Morgan fingerprint density at radius 2 is 2.04 bits per heavy atom. The molecule has 2 aromatic rings. The molecule has 0 spiro atoms. The molecule has 0 saturated carbocycles. The van der Waals surface area contributed by atoms with Crippen molar-refractivity contribution in [2.75, 3.05) is 16.8 Å². The summed E-state index contributed by atoms with van der Waals surface area (Å²) in [7, 11) is 0. The summed E-state index contributed by atoms with van der Waals surface area (Å²) in [5.41, 5.74) is 2.35. The zero-order chi connectivity index (χ0) is 16.4. The monoisotopic (exact) mass is 312 g/mol. The molecule has 2 aromatic carbocycles. The summed E-state index contributed by atoms with van der Waals surface area (Å²) in [4.78, 5) is 25.8. The van der Waals surface area contributed by atoms with Crippen LogP contribution in [0.25, 0.3) is 0 Å². The molecule has 0 unspecified atom stereocenters. The standard InChI is InChI=1S/C18H17FN2O2/c1-12-7-8-13(19)10-16(12)18(23)20-14-4-2-5-15(11-14)21-9-3-6-17(21)22/h2,4-5,7-8,10-11H,3,6,9H2,1H3,(H,20,23). The lowest BCUT2D eigenvalue weighted by Gasteiger charge is -2.17. The fourth-order valence-corrected chi connectivity index (χ4v) is 2.71. The Hall–Kier alpha value is -2.69. The van der Waals surface area contributed by atoms with Gasteiger partial charge < -0.3 is 10.2 Å². The van der Waals surface area contributed by atoms with Crippen LogP contribution in [0.1, 0.15) is 28.8 Å². The number of rotatable bonds is 3. The Labute approximate surface area is 133 Å². The second-order valence-electron chi connectivity index (χ2n) is 5.61. The van der Waals surface area contributed by atoms with Gasteiger partial charge >= 0.3 is 0 Å². The van der Waals surface area contributed by atoms with Crippen molar-refractivity contribution in [3.05, 3.63) is 59.4 Å². The number of carbonyl (C=O) groups excluding carboxylic acids is 2. The molecule has 4 nitrogen and oxygen atoms in total. The second kappa shape index (κ2) is 6.20. The quantitative estimate of drug-likeness (QED) is 0.943. The highest BCUT2D eigenvalue weighted by Crippen LogP contribution is 2.24. The van der Waals surface area contributed by atoms with Crippen LogP contribution < -0.4 is 10.2 Å². The topological polar surface area (TPSA) is 49.4 Å². The number of carbonyl (C=O) groups is 2. The Bertz CT molecular complexity index is 773. The molecule has 1 saturated heterocycles. The third-order valence-electron chi connectivity index (χ3n) is 3.93. The van der Waals surface area contributed by atoms with Gasteiger partial charge in [-0.25, -0.2) is 4.39 Å². The fraction of sp³-hybridized carbons (Fsp3) is 0.222. The molecule has 1 N–H and O–H groups in total. The first-order valence-corrected chi connectivity index (χ1v) is 7.52. The average Bonchev–Trinajstić information content (AvgIpc) is 2.96. The van der Waals surface area contributed by atoms with E-state index < -0.39 is 5.82 Å². The van der Waals surface area contributed by atoms with Gasteiger partial charge in [-0.15, -0.1) is 0 Å². The number of amides is 2. The number of benzene rings is 2. The number of hydrogen-bond donors (Lipinski definition) is 1. The van der Waals surface area contributed by atoms with Gasteiger partial charge in [-0.2, -0.15) is 0 Å². The lowest BCUT2D eigenvalue weighted by Crippen LogP contribution is -2.23. The van der Waals surface area contributed by atoms with Crippen LogP contribution in [-0.4, -0.2) is 18.4 Å². The molecule has 0 aromatic heterocycles. The molecular formula is C18H17FN2O2. The van der Waals surface area contributed by atoms with Crippen LogP contribution in [0.4, 0.5) is 15.8 Å². The maximum absolute atomic E-state index is 13.3. The zero-order valence-electron chi connectivity index (χ0n) is 12.8. The summed E-state index contributed by atoms with van der Waals surface area (Å²) in [6.45, 7) is 2.45. The van der Waals surface area contributed by atoms with Gasteiger partial charge in [0.05, 0.1) is 0 Å². The smallest absolute Gasteiger partial charge is 0.256 e. The van der Waals surface area contributed by atoms with E-state index in [2.05, 4.69) is 5.32 Å². The Morgan fingerprint density at radius 1 is 1.22 bits per heavy atom. The zero-order valence-corrected chi connectivity index (χ0v) is 12.8. The predicted octanol–water partition coefficient (Wildman–Crippen LogP) is 3.51. The van der Waals surface area contributed by atoms with Crippen molar-refractivity contribution >= 4 is 23.2 Å². The molecule has 5 heteroatoms. The van der Waals surface area contributed by atoms with Gasteiger partial charge in [0.25, 0.3) is 5.91 Å². The molecule has 1 aliphatic heterocycles. The van der Waals surface area contributed by atoms with E-state index in [1.165, 1.54) is 12.1 Å². The van der Waals surface area contributed by atoms with Crippen molar-refractivity contribution in [3.8, 4) is 0 Å². The van der Waals surface area contributed by atoms with E-state index in [1.54, 1.807) is 36.1 Å². The Balaban J connectivity index is 1.81. The molecule has 0 bridgehead atoms. The highest BCUT2D eigenvalue weighted by atomic mass is 19.1. The number of hydrogen-bond acceptors (Lipinski definition) is 2. The van der Waals surface area contributed by atoms with Crippen LogP contribution in [0, 0.1) is 12.7 Å². The first-order chi connectivity index (χ1) is 11.0. The maximum Gasteiger partial charge on any atom is 0.256 e. The fourth-order valence-electron chi connectivity index (χ4n) is 2.71. The van der Waals surface area contributed by atoms with E-state index >= 15 is 0 Å². The number of nitrogens with one attached hydrogen (secondary N) is 1. The Morgan fingerprint density at radius 3 is 2.78 bits per heavy atom. The molecule has 23 heavy (non-hydrogen) atoms. The minimum absolute atomic E-state index is 0.0921. The summed E-state index contributed by atoms with van der Waals surface area (Å²) in [5, 5.41) is 2.76. The molecule has 1 fully saturated rings. The van der Waals surface area contributed by atoms with Crippen LogP contribution in [0.15, 0.2) is 42.5 Å². The molecule has 0 aliphatic carbocycles. The maximum atomic E-state index is 13.3. The van der Waals surface area contributed by atoms with E-state index in [0.717, 1.165) is 12.1 Å². The summed E-state index contributed by atoms with van der Waals surface area (Å²) in [6, 6.07) is 11.3. The van der Waals surface area contributed by atoms with Crippen molar-refractivity contribution in [2.45, 2.75) is 19.8 Å². The van der Waals surface area contributed by atoms with Gasteiger partial charge in [0.1, 0.15) is 5.82 Å². The van der Waals surface area contributed by atoms with E-state index in [-0.39, 0.29) is 11.8 Å². The first kappa shape index (κ1) is 15.2. The van der Waals surface area contributed by atoms with Gasteiger partial charge in [0, 0.05) is 29.9 Å². The molecule has 2 amide bonds. The van der Waals surface area contributed by atoms with Gasteiger partial charge in [-0.1, -0.05) is 12.1 Å². The van der Waals surface area contributed by atoms with Crippen LogP contribution >= 0.6 is 0 Å². The molecular weight excluding hydrogens is 295 g/mol. The van der Waals surface area contributed by atoms with Crippen molar-refractivity contribution < 1.29 is 14.0 Å². The van der Waals surface area contributed by atoms with Gasteiger partial charge in [-0.05, 0) is 49.2 Å². The van der Waals surface area contributed by atoms with E-state index in [1.807, 2.05) is 6.07 Å². The lowest BCUT2D eigenvalue weighted by atomic mass is 10.1. The largest absolute Gasteiger partial charge is 0.322 e. The van der Waals surface area contributed by atoms with Crippen LogP contribution in [0.3, 0.4) is 0 Å². The molecule has 3 rings (SSSR count). The van der Waals surface area contributed by atoms with E-state index in [0.29, 0.717) is 29.8 Å². The Kier molecular flexibility index (Phi) is 4.10. The van der Waals surface area contributed by atoms with Crippen molar-refractivity contribution in [3.63, 3.8) is 0 Å². The molecule has 0 radical (unpaired) electrons. The first-order valence-electron chi connectivity index (χ1n) is 7.52. The van der Waals surface area contributed by atoms with Crippen molar-refractivity contribution in [1.29, 1.82) is 0 Å². The second-order valence-corrected chi connectivity index (χ2v) is 5.61. The van der Waals surface area contributed by atoms with Gasteiger partial charge in [0.15, 0.2) is 0 Å². The SMILES string of the molecule is Cc1ccc(F)cc1C(=O)Nc1cccc(N2CCCC2=O)c1. The molecule has 1 aliphatic rings. The summed E-state index contributed by atoms with van der Waals surface area (Å²) >= 11 is 0. The highest BCUT2D eigenvalue weighted by Gasteiger charge is 2.22. The third-order valence-corrected chi connectivity index (χ3v) is 3.93. The van der Waals surface area contributed by atoms with Crippen LogP contribution in [-0.2, 0) is 4.79 Å². The summed E-state index contributed by atoms with van der Waals surface area (Å²) < 4.78 is 13.3. The molecule has 1 heterocycles. The summed E-state index contributed by atoms with van der Waals surface area (Å²) in [5.74, 6) is -0.724. The normalized spacial score (nSPS) is 14.2. The predicted molar refractivity (Wildman–Crippen MR) is 87.1 cm³/mol. The van der Waals surface area contributed by atoms with Crippen LogP contribution in [0.5, 0.6) is 0 Å². The average molecular weight is 312 g/mol.